The molecular weight excluding hydrogens is 769 g/mol. The summed E-state index contributed by atoms with van der Waals surface area (Å²) < 4.78 is 52.8. The van der Waals surface area contributed by atoms with Gasteiger partial charge in [-0.2, -0.15) is 13.2 Å². The van der Waals surface area contributed by atoms with Crippen LogP contribution in [0.5, 0.6) is 0 Å². The van der Waals surface area contributed by atoms with Crippen LogP contribution in [0, 0.1) is 5.41 Å². The summed E-state index contributed by atoms with van der Waals surface area (Å²) in [5.41, 5.74) is 0.404. The fourth-order valence-corrected chi connectivity index (χ4v) is 9.33. The Morgan fingerprint density at radius 3 is 2.53 bits per heavy atom. The Kier molecular flexibility index (Phi) is 12.3. The maximum atomic E-state index is 14.6. The highest BCUT2D eigenvalue weighted by molar-refractivity contribution is 6.33. The van der Waals surface area contributed by atoms with Crippen LogP contribution >= 0.6 is 11.6 Å². The van der Waals surface area contributed by atoms with Gasteiger partial charge < -0.3 is 29.6 Å². The summed E-state index contributed by atoms with van der Waals surface area (Å²) in [6.45, 7) is 5.05. The number of amides is 2. The molecule has 1 aliphatic heterocycles. The Morgan fingerprint density at radius 1 is 1.00 bits per heavy atom. The number of allylic oxidation sites excluding steroid dienone is 2. The molecule has 12 heteroatoms. The van der Waals surface area contributed by atoms with Crippen LogP contribution in [0.1, 0.15) is 104 Å². The number of alkyl halides is 3. The number of benzene rings is 3. The Balaban J connectivity index is 1.27. The smallest absolute Gasteiger partial charge is 0.416 e. The summed E-state index contributed by atoms with van der Waals surface area (Å²) in [6.07, 6.45) is 1.95. The van der Waals surface area contributed by atoms with E-state index >= 15 is 0 Å². The normalized spacial score (nSPS) is 25.2. The summed E-state index contributed by atoms with van der Waals surface area (Å²) in [5, 5.41) is 27.1. The predicted octanol–water partition coefficient (Wildman–Crippen LogP) is 10.6. The number of nitrogens with zero attached hydrogens (tertiary/aromatic N) is 1. The molecule has 3 aromatic carbocycles. The molecule has 1 saturated carbocycles. The van der Waals surface area contributed by atoms with Crippen molar-refractivity contribution in [3.8, 4) is 11.3 Å². The number of halogens is 4. The highest BCUT2D eigenvalue weighted by Crippen LogP contribution is 2.59. The first kappa shape index (κ1) is 41.7. The Bertz CT molecular complexity index is 2150. The van der Waals surface area contributed by atoms with Crippen LogP contribution in [0.4, 0.5) is 23.7 Å². The maximum absolute atomic E-state index is 14.6. The van der Waals surface area contributed by atoms with Gasteiger partial charge in [0.05, 0.1) is 34.9 Å². The molecule has 3 aliphatic carbocycles. The third-order valence-corrected chi connectivity index (χ3v) is 12.8. The van der Waals surface area contributed by atoms with Crippen LogP contribution in [-0.2, 0) is 17.3 Å². The van der Waals surface area contributed by atoms with E-state index in [1.54, 1.807) is 11.0 Å². The molecule has 308 valence electrons. The number of carbonyl (C=O) groups is 2. The van der Waals surface area contributed by atoms with Crippen LogP contribution in [0.2, 0.25) is 5.02 Å². The van der Waals surface area contributed by atoms with E-state index in [1.165, 1.54) is 12.1 Å². The number of rotatable bonds is 8. The van der Waals surface area contributed by atoms with Gasteiger partial charge in [0.2, 0.25) is 5.78 Å². The van der Waals surface area contributed by atoms with E-state index in [-0.39, 0.29) is 46.7 Å². The molecule has 2 fully saturated rings. The first-order chi connectivity index (χ1) is 27.6. The van der Waals surface area contributed by atoms with E-state index in [4.69, 9.17) is 20.8 Å². The van der Waals surface area contributed by atoms with E-state index in [0.29, 0.717) is 74.9 Å². The zero-order chi connectivity index (χ0) is 41.2. The van der Waals surface area contributed by atoms with Gasteiger partial charge in [-0.1, -0.05) is 60.5 Å². The molecule has 2 bridgehead atoms. The number of anilines is 1. The van der Waals surface area contributed by atoms with Gasteiger partial charge in [0.15, 0.2) is 5.76 Å². The largest absolute Gasteiger partial charge is 0.453 e. The number of nitrogens with one attached hydrogen (secondary N) is 1. The minimum Gasteiger partial charge on any atom is -0.453 e. The van der Waals surface area contributed by atoms with Gasteiger partial charge in [-0.25, -0.2) is 4.79 Å². The zero-order valence-electron chi connectivity index (χ0n) is 32.8. The Hall–Kier alpha value is -4.42. The molecular formula is C46H50ClF3N2O6. The number of carbonyl (C=O) groups excluding carboxylic acids is 2. The summed E-state index contributed by atoms with van der Waals surface area (Å²) in [7, 11) is 0. The molecule has 8 rings (SSSR count). The summed E-state index contributed by atoms with van der Waals surface area (Å²) in [6, 6.07) is 20.2. The van der Waals surface area contributed by atoms with Crippen molar-refractivity contribution >= 4 is 29.1 Å². The van der Waals surface area contributed by atoms with Gasteiger partial charge in [0, 0.05) is 35.4 Å². The Labute approximate surface area is 342 Å². The molecule has 1 saturated heterocycles. The summed E-state index contributed by atoms with van der Waals surface area (Å²) in [5.74, 6) is -0.904. The average molecular weight is 819 g/mol. The van der Waals surface area contributed by atoms with Crippen LogP contribution in [0.15, 0.2) is 94.9 Å². The molecule has 58 heavy (non-hydrogen) atoms. The second kappa shape index (κ2) is 17.0. The van der Waals surface area contributed by atoms with Crippen molar-refractivity contribution in [1.29, 1.82) is 0 Å². The lowest BCUT2D eigenvalue weighted by Crippen LogP contribution is -2.55. The van der Waals surface area contributed by atoms with Crippen molar-refractivity contribution in [2.45, 2.75) is 102 Å². The van der Waals surface area contributed by atoms with Crippen LogP contribution in [-0.4, -0.2) is 64.4 Å². The van der Waals surface area contributed by atoms with Crippen molar-refractivity contribution < 1.29 is 42.1 Å². The van der Waals surface area contributed by atoms with Gasteiger partial charge in [0.1, 0.15) is 5.76 Å². The molecule has 3 N–H and O–H groups in total. The molecule has 0 radical (unpaired) electrons. The highest BCUT2D eigenvalue weighted by Gasteiger charge is 2.58. The lowest BCUT2D eigenvalue weighted by molar-refractivity contribution is -0.137. The fraction of sp³-hybridized carbons (Fsp3) is 0.435. The van der Waals surface area contributed by atoms with E-state index in [2.05, 4.69) is 11.4 Å². The monoisotopic (exact) mass is 818 g/mol. The zero-order valence-corrected chi connectivity index (χ0v) is 33.5. The predicted molar refractivity (Wildman–Crippen MR) is 217 cm³/mol. The summed E-state index contributed by atoms with van der Waals surface area (Å²) >= 11 is 6.34. The second-order valence-corrected chi connectivity index (χ2v) is 16.9. The van der Waals surface area contributed by atoms with Crippen LogP contribution < -0.4 is 5.32 Å². The van der Waals surface area contributed by atoms with Crippen LogP contribution in [0.3, 0.4) is 0 Å². The maximum Gasteiger partial charge on any atom is 0.416 e. The lowest BCUT2D eigenvalue weighted by atomic mass is 9.64. The van der Waals surface area contributed by atoms with Gasteiger partial charge in [0.25, 0.3) is 0 Å². The number of ether oxygens (including phenoxy) is 1. The molecule has 4 aliphatic rings. The minimum atomic E-state index is -4.61. The fourth-order valence-electron chi connectivity index (χ4n) is 9.12. The number of fused-ring (bicyclic) bond motifs is 8. The van der Waals surface area contributed by atoms with Crippen molar-refractivity contribution in [3.05, 3.63) is 124 Å². The number of hydrogen-bond donors (Lipinski definition) is 3. The SMILES string of the molecule is CC1=CCCC2(C)C(CCC2(O)CN(CC2CCCO2)C(=O)Nc2ccccc2)c2ccc(cc2C(=O)c2ccc(-c3cc(C(F)(F)F)ccc3Cl)o2)CC(O)CC1. The summed E-state index contributed by atoms with van der Waals surface area (Å²) in [4.78, 5) is 30.3. The molecule has 5 atom stereocenters. The van der Waals surface area contributed by atoms with E-state index < -0.39 is 34.6 Å². The van der Waals surface area contributed by atoms with Gasteiger partial charge in [-0.15, -0.1) is 0 Å². The number of urea groups is 1. The average Bonchev–Trinajstić information content (AvgIpc) is 3.94. The van der Waals surface area contributed by atoms with E-state index in [0.717, 1.165) is 42.2 Å². The number of para-hydroxylation sites is 1. The van der Waals surface area contributed by atoms with Gasteiger partial charge in [-0.3, -0.25) is 4.79 Å². The van der Waals surface area contributed by atoms with Gasteiger partial charge in [-0.05, 0) is 130 Å². The van der Waals surface area contributed by atoms with Gasteiger partial charge >= 0.3 is 12.2 Å². The highest BCUT2D eigenvalue weighted by atomic mass is 35.5. The Morgan fingerprint density at radius 2 is 1.79 bits per heavy atom. The number of aliphatic hydroxyl groups excluding tert-OH is 1. The second-order valence-electron chi connectivity index (χ2n) is 16.4. The molecule has 1 aromatic heterocycles. The van der Waals surface area contributed by atoms with E-state index in [1.807, 2.05) is 56.3 Å². The number of ketones is 1. The molecule has 4 aromatic rings. The third-order valence-electron chi connectivity index (χ3n) is 12.5. The molecule has 2 heterocycles. The molecule has 0 spiro atoms. The quantitative estimate of drug-likeness (QED) is 0.121. The van der Waals surface area contributed by atoms with E-state index in [9.17, 15) is 33.0 Å². The topological polar surface area (TPSA) is 112 Å². The first-order valence-electron chi connectivity index (χ1n) is 20.1. The third kappa shape index (κ3) is 8.93. The number of hydrogen-bond acceptors (Lipinski definition) is 6. The number of aliphatic hydroxyl groups is 2. The molecule has 5 unspecified atom stereocenters. The van der Waals surface area contributed by atoms with Crippen molar-refractivity contribution in [2.24, 2.45) is 5.41 Å². The standard InChI is InChI=1S/C46H50ClF3N2O6/c1-29-8-6-21-44(2)38(20-22-45(44,56)28-52(27-34-11-7-23-57-34)43(55)51-32-9-4-3-5-10-32)35-16-13-30(24-33(53)15-12-29)25-36(35)42(54)41-19-18-40(58-41)37-26-31(46(48,49)50)14-17-39(37)47/h3-5,8-10,13-14,16-19,25-26,33-34,38,53,56H,6-7,11-12,15,20-24,27-28H2,1-2H3,(H,51,55). The van der Waals surface area contributed by atoms with Crippen molar-refractivity contribution in [1.82, 2.24) is 4.90 Å². The molecule has 8 nitrogen and oxygen atoms in total. The van der Waals surface area contributed by atoms with Crippen LogP contribution in [0.25, 0.3) is 11.3 Å². The van der Waals surface area contributed by atoms with Crippen molar-refractivity contribution in [3.63, 3.8) is 0 Å². The minimum absolute atomic E-state index is 0.00253. The first-order valence-corrected chi connectivity index (χ1v) is 20.4. The lowest BCUT2D eigenvalue weighted by Gasteiger charge is -2.46. The number of furan rings is 1. The van der Waals surface area contributed by atoms with Crippen molar-refractivity contribution in [2.75, 3.05) is 25.0 Å². The molecule has 2 amide bonds.